The Morgan fingerprint density at radius 1 is 1.40 bits per heavy atom. The fourth-order valence-corrected chi connectivity index (χ4v) is 4.88. The van der Waals surface area contributed by atoms with Crippen molar-refractivity contribution in [3.63, 3.8) is 0 Å². The zero-order valence-corrected chi connectivity index (χ0v) is 17.4. The lowest BCUT2D eigenvalue weighted by Gasteiger charge is -2.44. The summed E-state index contributed by atoms with van der Waals surface area (Å²) in [5.41, 5.74) is 7.57. The normalized spacial score (nSPS) is 25.6. The number of likely N-dealkylation sites (N-methyl/N-ethyl adjacent to an activating group) is 1. The SMILES string of the molecule is CN(C)C1CN(c2nc3c(F)c(Cl)ncc3c(NC3C4CC3N(C(=O)O)C4)c2N)C1. The molecule has 4 fully saturated rings. The Balaban J connectivity index is 1.54. The fourth-order valence-electron chi connectivity index (χ4n) is 4.74. The molecule has 2 aromatic rings. The summed E-state index contributed by atoms with van der Waals surface area (Å²) in [5, 5.41) is 13.0. The van der Waals surface area contributed by atoms with Gasteiger partial charge in [-0.1, -0.05) is 11.6 Å². The summed E-state index contributed by atoms with van der Waals surface area (Å²) in [6, 6.07) is 0.174. The summed E-state index contributed by atoms with van der Waals surface area (Å²) in [5.74, 6) is 0.0160. The molecular weight excluding hydrogens is 413 g/mol. The number of nitrogens with two attached hydrogens (primary N) is 1. The molecule has 3 atom stereocenters. The topological polar surface area (TPSA) is 111 Å². The monoisotopic (exact) mass is 435 g/mol. The highest BCUT2D eigenvalue weighted by molar-refractivity contribution is 6.30. The van der Waals surface area contributed by atoms with Gasteiger partial charge in [0.25, 0.3) is 0 Å². The number of nitrogen functional groups attached to an aromatic ring is 1. The maximum absolute atomic E-state index is 14.8. The van der Waals surface area contributed by atoms with E-state index < -0.39 is 11.9 Å². The summed E-state index contributed by atoms with van der Waals surface area (Å²) in [7, 11) is 4.02. The lowest BCUT2D eigenvalue weighted by molar-refractivity contribution is 0.140. The fraction of sp³-hybridized carbons (Fsp3) is 0.526. The van der Waals surface area contributed by atoms with Crippen molar-refractivity contribution in [3.8, 4) is 0 Å². The van der Waals surface area contributed by atoms with Crippen LogP contribution in [0.4, 0.5) is 26.4 Å². The van der Waals surface area contributed by atoms with Crippen LogP contribution >= 0.6 is 11.6 Å². The summed E-state index contributed by atoms with van der Waals surface area (Å²) < 4.78 is 14.8. The van der Waals surface area contributed by atoms with Crippen molar-refractivity contribution in [3.05, 3.63) is 17.2 Å². The number of aromatic nitrogens is 2. The lowest BCUT2D eigenvalue weighted by atomic mass is 9.79. The molecular formula is C19H23ClFN7O2. The molecule has 5 heterocycles. The van der Waals surface area contributed by atoms with E-state index in [1.807, 2.05) is 19.0 Å². The zero-order valence-electron chi connectivity index (χ0n) is 16.6. The van der Waals surface area contributed by atoms with Crippen molar-refractivity contribution in [1.29, 1.82) is 0 Å². The smallest absolute Gasteiger partial charge is 0.407 e. The minimum Gasteiger partial charge on any atom is -0.465 e. The van der Waals surface area contributed by atoms with Gasteiger partial charge in [0.1, 0.15) is 5.52 Å². The molecule has 3 saturated heterocycles. The molecule has 0 radical (unpaired) electrons. The Hall–Kier alpha value is -2.59. The molecule has 2 bridgehead atoms. The Morgan fingerprint density at radius 3 is 2.77 bits per heavy atom. The standard InChI is InChI=1S/C19H23ClFN7O2/c1-26(2)9-6-27(7-9)18-13(22)16(10-4-23-17(20)12(21)15(10)25-18)24-14-8-3-11(14)28(5-8)19(29)30/h4,8-9,11,14H,3,5-7,22H2,1-2H3,(H,24,25)(H,29,30). The summed E-state index contributed by atoms with van der Waals surface area (Å²) in [4.78, 5) is 25.5. The molecule has 30 heavy (non-hydrogen) atoms. The van der Waals surface area contributed by atoms with E-state index in [1.54, 1.807) is 0 Å². The molecule has 160 valence electrons. The van der Waals surface area contributed by atoms with E-state index in [2.05, 4.69) is 20.2 Å². The third kappa shape index (κ3) is 2.73. The molecule has 0 aromatic carbocycles. The van der Waals surface area contributed by atoms with Gasteiger partial charge in [0, 0.05) is 43.2 Å². The van der Waals surface area contributed by atoms with Crippen LogP contribution in [-0.2, 0) is 0 Å². The first-order chi connectivity index (χ1) is 14.3. The number of hydrogen-bond donors (Lipinski definition) is 3. The Kier molecular flexibility index (Phi) is 4.33. The Morgan fingerprint density at radius 2 is 2.13 bits per heavy atom. The molecule has 6 rings (SSSR count). The van der Waals surface area contributed by atoms with E-state index in [-0.39, 0.29) is 28.7 Å². The van der Waals surface area contributed by atoms with Gasteiger partial charge >= 0.3 is 6.09 Å². The van der Waals surface area contributed by atoms with Crippen LogP contribution in [0.15, 0.2) is 6.20 Å². The molecule has 11 heteroatoms. The van der Waals surface area contributed by atoms with Crippen LogP contribution in [0.2, 0.25) is 5.15 Å². The van der Waals surface area contributed by atoms with Crippen molar-refractivity contribution < 1.29 is 14.3 Å². The maximum Gasteiger partial charge on any atom is 0.407 e. The predicted octanol–water partition coefficient (Wildman–Crippen LogP) is 1.92. The van der Waals surface area contributed by atoms with Gasteiger partial charge in [-0.25, -0.2) is 19.2 Å². The van der Waals surface area contributed by atoms with Gasteiger partial charge in [0.15, 0.2) is 16.8 Å². The molecule has 1 aliphatic carbocycles. The summed E-state index contributed by atoms with van der Waals surface area (Å²) in [6.45, 7) is 1.95. The number of pyridine rings is 2. The van der Waals surface area contributed by atoms with Crippen molar-refractivity contribution in [1.82, 2.24) is 19.8 Å². The molecule has 1 saturated carbocycles. The van der Waals surface area contributed by atoms with Crippen LogP contribution in [0, 0.1) is 11.7 Å². The molecule has 4 aliphatic rings. The predicted molar refractivity (Wildman–Crippen MR) is 113 cm³/mol. The van der Waals surface area contributed by atoms with Gasteiger partial charge in [-0.15, -0.1) is 0 Å². The zero-order chi connectivity index (χ0) is 21.3. The number of nitrogens with one attached hydrogen (secondary N) is 1. The second-order valence-electron chi connectivity index (χ2n) is 8.54. The van der Waals surface area contributed by atoms with E-state index in [4.69, 9.17) is 17.3 Å². The number of carbonyl (C=O) groups is 1. The Bertz CT molecular complexity index is 1050. The molecule has 3 unspecified atom stereocenters. The third-order valence-corrected chi connectivity index (χ3v) is 6.96. The number of nitrogens with zero attached hydrogens (tertiary/aromatic N) is 5. The lowest BCUT2D eigenvalue weighted by Crippen LogP contribution is -2.58. The largest absolute Gasteiger partial charge is 0.465 e. The van der Waals surface area contributed by atoms with Gasteiger partial charge in [0.05, 0.1) is 23.5 Å². The van der Waals surface area contributed by atoms with E-state index >= 15 is 0 Å². The molecule has 0 spiro atoms. The average Bonchev–Trinajstić information content (AvgIpc) is 3.23. The van der Waals surface area contributed by atoms with Crippen molar-refractivity contribution in [2.45, 2.75) is 24.5 Å². The Labute approximate surface area is 177 Å². The average molecular weight is 436 g/mol. The van der Waals surface area contributed by atoms with Gasteiger partial charge in [-0.3, -0.25) is 0 Å². The van der Waals surface area contributed by atoms with Gasteiger partial charge in [-0.2, -0.15) is 0 Å². The number of halogens is 2. The number of carboxylic acid groups (broad SMARTS) is 1. The third-order valence-electron chi connectivity index (χ3n) is 6.70. The van der Waals surface area contributed by atoms with Crippen molar-refractivity contribution in [2.24, 2.45) is 5.92 Å². The van der Waals surface area contributed by atoms with E-state index in [0.29, 0.717) is 35.2 Å². The second-order valence-corrected chi connectivity index (χ2v) is 8.90. The molecule has 9 nitrogen and oxygen atoms in total. The highest BCUT2D eigenvalue weighted by Crippen LogP contribution is 2.46. The van der Waals surface area contributed by atoms with Crippen molar-refractivity contribution >= 4 is 45.8 Å². The van der Waals surface area contributed by atoms with E-state index in [9.17, 15) is 14.3 Å². The molecule has 4 N–H and O–H groups in total. The molecule has 3 aliphatic heterocycles. The van der Waals surface area contributed by atoms with Gasteiger partial charge < -0.3 is 30.9 Å². The number of hydrogen-bond acceptors (Lipinski definition) is 7. The quantitative estimate of drug-likeness (QED) is 0.625. The first kappa shape index (κ1) is 19.4. The highest BCUT2D eigenvalue weighted by Gasteiger charge is 2.54. The number of fused-ring (bicyclic) bond motifs is 2. The first-order valence-electron chi connectivity index (χ1n) is 9.87. The minimum atomic E-state index is -0.921. The van der Waals surface area contributed by atoms with Crippen LogP contribution < -0.4 is 16.0 Å². The molecule has 2 aromatic heterocycles. The van der Waals surface area contributed by atoms with Crippen LogP contribution in [-0.4, -0.2) is 82.8 Å². The van der Waals surface area contributed by atoms with Gasteiger partial charge in [-0.05, 0) is 20.5 Å². The first-order valence-corrected chi connectivity index (χ1v) is 10.2. The van der Waals surface area contributed by atoms with Crippen LogP contribution in [0.1, 0.15) is 6.42 Å². The van der Waals surface area contributed by atoms with E-state index in [1.165, 1.54) is 11.1 Å². The molecule has 1 amide bonds. The van der Waals surface area contributed by atoms with Crippen LogP contribution in [0.25, 0.3) is 10.9 Å². The van der Waals surface area contributed by atoms with Crippen LogP contribution in [0.3, 0.4) is 0 Å². The van der Waals surface area contributed by atoms with E-state index in [0.717, 1.165) is 19.5 Å². The van der Waals surface area contributed by atoms with Crippen LogP contribution in [0.5, 0.6) is 0 Å². The highest BCUT2D eigenvalue weighted by atomic mass is 35.5. The number of amides is 1. The summed E-state index contributed by atoms with van der Waals surface area (Å²) in [6.07, 6.45) is 1.36. The van der Waals surface area contributed by atoms with Crippen molar-refractivity contribution in [2.75, 3.05) is 49.7 Å². The van der Waals surface area contributed by atoms with Gasteiger partial charge in [0.2, 0.25) is 0 Å². The maximum atomic E-state index is 14.8. The second kappa shape index (κ2) is 6.71. The number of anilines is 3. The summed E-state index contributed by atoms with van der Waals surface area (Å²) >= 11 is 5.91. The minimum absolute atomic E-state index is 0.0773. The number of rotatable bonds is 4.